The van der Waals surface area contributed by atoms with Crippen LogP contribution in [0.15, 0.2) is 24.3 Å². The van der Waals surface area contributed by atoms with Crippen LogP contribution in [0.1, 0.15) is 19.8 Å². The molecular weight excluding hydrogens is 387 g/mol. The number of nitrogens with one attached hydrogen (secondary N) is 3. The molecule has 0 aromatic heterocycles. The van der Waals surface area contributed by atoms with Gasteiger partial charge in [0.05, 0.1) is 12.7 Å². The minimum Gasteiger partial charge on any atom is -0.375 e. The van der Waals surface area contributed by atoms with Gasteiger partial charge >= 0.3 is 6.03 Å². The van der Waals surface area contributed by atoms with Gasteiger partial charge in [-0.3, -0.25) is 4.79 Å². The Labute approximate surface area is 170 Å². The molecule has 2 aliphatic rings. The fourth-order valence-electron chi connectivity index (χ4n) is 3.62. The molecule has 0 radical (unpaired) electrons. The summed E-state index contributed by atoms with van der Waals surface area (Å²) in [5.74, 6) is -0.138. The van der Waals surface area contributed by atoms with E-state index in [1.165, 1.54) is 12.1 Å². The van der Waals surface area contributed by atoms with E-state index < -0.39 is 5.82 Å². The number of piperidine rings is 1. The van der Waals surface area contributed by atoms with Crippen LogP contribution in [0.4, 0.5) is 14.9 Å². The zero-order valence-corrected chi connectivity index (χ0v) is 16.8. The van der Waals surface area contributed by atoms with E-state index in [2.05, 4.69) is 16.0 Å². The maximum absolute atomic E-state index is 13.2. The summed E-state index contributed by atoms with van der Waals surface area (Å²) in [5, 5.41) is 8.67. The van der Waals surface area contributed by atoms with Crippen LogP contribution in [-0.4, -0.2) is 61.8 Å². The lowest BCUT2D eigenvalue weighted by molar-refractivity contribution is -0.141. The SMILES string of the molecule is C[C@H]1OCCN[C@@H]1C(=O)N1CCCC(CNC(=O)Nc2cccc(F)c2)C1.Cl. The number of amides is 3. The number of urea groups is 1. The largest absolute Gasteiger partial charge is 0.375 e. The third kappa shape index (κ3) is 6.05. The van der Waals surface area contributed by atoms with E-state index in [0.717, 1.165) is 19.4 Å². The quantitative estimate of drug-likeness (QED) is 0.703. The highest BCUT2D eigenvalue weighted by molar-refractivity contribution is 5.89. The molecule has 1 aromatic carbocycles. The maximum Gasteiger partial charge on any atom is 0.319 e. The van der Waals surface area contributed by atoms with Gasteiger partial charge in [-0.05, 0) is 43.9 Å². The Bertz CT molecular complexity index is 678. The van der Waals surface area contributed by atoms with Crippen molar-refractivity contribution in [3.63, 3.8) is 0 Å². The summed E-state index contributed by atoms with van der Waals surface area (Å²) in [6.07, 6.45) is 1.72. The Morgan fingerprint density at radius 1 is 1.39 bits per heavy atom. The van der Waals surface area contributed by atoms with Crippen molar-refractivity contribution >= 4 is 30.0 Å². The Kier molecular flexibility index (Phi) is 8.47. The van der Waals surface area contributed by atoms with Gasteiger partial charge in [-0.2, -0.15) is 0 Å². The zero-order valence-electron chi connectivity index (χ0n) is 15.9. The summed E-state index contributed by atoms with van der Waals surface area (Å²) < 4.78 is 18.7. The fraction of sp³-hybridized carbons (Fsp3) is 0.579. The van der Waals surface area contributed by atoms with Crippen LogP contribution < -0.4 is 16.0 Å². The molecule has 3 amide bonds. The Hall–Kier alpha value is -1.90. The first kappa shape index (κ1) is 22.4. The standard InChI is InChI=1S/C19H27FN4O3.ClH/c1-13-17(21-7-9-27-13)18(25)24-8-3-4-14(12-24)11-22-19(26)23-16-6-2-5-15(20)10-16;/h2,5-6,10,13-14,17,21H,3-4,7-9,11-12H2,1H3,(H2,22,23,26);1H/t13-,14?,17+;/m1./s1. The molecule has 7 nitrogen and oxygen atoms in total. The monoisotopic (exact) mass is 414 g/mol. The minimum atomic E-state index is -0.399. The highest BCUT2D eigenvalue weighted by Crippen LogP contribution is 2.18. The molecule has 3 atom stereocenters. The van der Waals surface area contributed by atoms with Crippen LogP contribution in [0, 0.1) is 11.7 Å². The van der Waals surface area contributed by atoms with Crippen LogP contribution in [0.25, 0.3) is 0 Å². The van der Waals surface area contributed by atoms with Crippen LogP contribution in [0.3, 0.4) is 0 Å². The van der Waals surface area contributed by atoms with Gasteiger partial charge in [-0.25, -0.2) is 9.18 Å². The van der Waals surface area contributed by atoms with Crippen molar-refractivity contribution in [2.45, 2.75) is 31.9 Å². The number of carbonyl (C=O) groups excluding carboxylic acids is 2. The number of anilines is 1. The first-order valence-electron chi connectivity index (χ1n) is 9.47. The van der Waals surface area contributed by atoms with Gasteiger partial charge in [0, 0.05) is 31.9 Å². The molecule has 9 heteroatoms. The molecule has 2 aliphatic heterocycles. The van der Waals surface area contributed by atoms with Crippen LogP contribution >= 0.6 is 12.4 Å². The van der Waals surface area contributed by atoms with Crippen molar-refractivity contribution in [1.29, 1.82) is 0 Å². The first-order valence-corrected chi connectivity index (χ1v) is 9.47. The van der Waals surface area contributed by atoms with E-state index >= 15 is 0 Å². The van der Waals surface area contributed by atoms with Crippen LogP contribution in [-0.2, 0) is 9.53 Å². The highest BCUT2D eigenvalue weighted by atomic mass is 35.5. The lowest BCUT2D eigenvalue weighted by Gasteiger charge is -2.38. The van der Waals surface area contributed by atoms with Gasteiger partial charge in [0.1, 0.15) is 11.9 Å². The van der Waals surface area contributed by atoms with Crippen molar-refractivity contribution < 1.29 is 18.7 Å². The molecule has 156 valence electrons. The lowest BCUT2D eigenvalue weighted by Crippen LogP contribution is -2.58. The van der Waals surface area contributed by atoms with E-state index in [0.29, 0.717) is 31.9 Å². The summed E-state index contributed by atoms with van der Waals surface area (Å²) in [5.41, 5.74) is 0.408. The molecule has 28 heavy (non-hydrogen) atoms. The van der Waals surface area contributed by atoms with E-state index in [1.54, 1.807) is 12.1 Å². The van der Waals surface area contributed by atoms with Gasteiger partial charge < -0.3 is 25.6 Å². The molecule has 0 saturated carbocycles. The molecule has 0 bridgehead atoms. The second-order valence-corrected chi connectivity index (χ2v) is 7.15. The molecule has 0 aliphatic carbocycles. The van der Waals surface area contributed by atoms with Gasteiger partial charge in [0.15, 0.2) is 0 Å². The summed E-state index contributed by atoms with van der Waals surface area (Å²) >= 11 is 0. The number of rotatable bonds is 4. The Balaban J connectivity index is 0.00000280. The van der Waals surface area contributed by atoms with Crippen LogP contribution in [0.5, 0.6) is 0 Å². The van der Waals surface area contributed by atoms with E-state index in [1.807, 2.05) is 11.8 Å². The molecule has 1 aromatic rings. The van der Waals surface area contributed by atoms with E-state index in [-0.39, 0.29) is 42.4 Å². The number of ether oxygens (including phenoxy) is 1. The normalized spacial score (nSPS) is 24.8. The lowest BCUT2D eigenvalue weighted by atomic mass is 9.96. The average Bonchev–Trinajstić information content (AvgIpc) is 2.66. The third-order valence-electron chi connectivity index (χ3n) is 5.05. The molecule has 3 N–H and O–H groups in total. The maximum atomic E-state index is 13.2. The molecule has 3 rings (SSSR count). The van der Waals surface area contributed by atoms with E-state index in [4.69, 9.17) is 4.74 Å². The number of halogens is 2. The smallest absolute Gasteiger partial charge is 0.319 e. The Morgan fingerprint density at radius 3 is 2.96 bits per heavy atom. The van der Waals surface area contributed by atoms with Gasteiger partial charge in [-0.1, -0.05) is 6.07 Å². The fourth-order valence-corrected chi connectivity index (χ4v) is 3.62. The number of nitrogens with zero attached hydrogens (tertiary/aromatic N) is 1. The summed E-state index contributed by atoms with van der Waals surface area (Å²) in [4.78, 5) is 26.7. The average molecular weight is 415 g/mol. The summed E-state index contributed by atoms with van der Waals surface area (Å²) in [6.45, 7) is 5.03. The molecule has 2 fully saturated rings. The van der Waals surface area contributed by atoms with Gasteiger partial charge in [0.25, 0.3) is 0 Å². The van der Waals surface area contributed by atoms with Crippen molar-refractivity contribution in [2.24, 2.45) is 5.92 Å². The molecule has 2 saturated heterocycles. The predicted molar refractivity (Wildman–Crippen MR) is 107 cm³/mol. The summed E-state index contributed by atoms with van der Waals surface area (Å²) in [6, 6.07) is 5.08. The minimum absolute atomic E-state index is 0. The van der Waals surface area contributed by atoms with Crippen molar-refractivity contribution in [3.8, 4) is 0 Å². The van der Waals surface area contributed by atoms with Crippen LogP contribution in [0.2, 0.25) is 0 Å². The van der Waals surface area contributed by atoms with Crippen molar-refractivity contribution in [3.05, 3.63) is 30.1 Å². The second kappa shape index (κ2) is 10.6. The first-order chi connectivity index (χ1) is 13.0. The topological polar surface area (TPSA) is 82.7 Å². The molecular formula is C19H28ClFN4O3. The predicted octanol–water partition coefficient (Wildman–Crippen LogP) is 1.98. The number of hydrogen-bond donors (Lipinski definition) is 3. The third-order valence-corrected chi connectivity index (χ3v) is 5.05. The zero-order chi connectivity index (χ0) is 19.2. The number of likely N-dealkylation sites (tertiary alicyclic amines) is 1. The summed E-state index contributed by atoms with van der Waals surface area (Å²) in [7, 11) is 0. The molecule has 1 unspecified atom stereocenters. The van der Waals surface area contributed by atoms with Crippen molar-refractivity contribution in [2.75, 3.05) is 38.1 Å². The highest BCUT2D eigenvalue weighted by Gasteiger charge is 2.34. The molecule has 2 heterocycles. The van der Waals surface area contributed by atoms with Crippen molar-refractivity contribution in [1.82, 2.24) is 15.5 Å². The number of benzene rings is 1. The Morgan fingerprint density at radius 2 is 2.21 bits per heavy atom. The van der Waals surface area contributed by atoms with E-state index in [9.17, 15) is 14.0 Å². The number of carbonyl (C=O) groups is 2. The number of hydrogen-bond acceptors (Lipinski definition) is 4. The molecule has 0 spiro atoms. The van der Waals surface area contributed by atoms with Gasteiger partial charge in [0.2, 0.25) is 5.91 Å². The number of morpholine rings is 1. The second-order valence-electron chi connectivity index (χ2n) is 7.15. The van der Waals surface area contributed by atoms with Gasteiger partial charge in [-0.15, -0.1) is 12.4 Å².